The molecule has 132 valence electrons. The van der Waals surface area contributed by atoms with Gasteiger partial charge in [0, 0.05) is 40.8 Å². The molecule has 23 heavy (non-hydrogen) atoms. The first-order valence-electron chi connectivity index (χ1n) is 7.76. The minimum absolute atomic E-state index is 0.139. The standard InChI is InChI=1S/C16H29O4P3/c1-17-22(18-2)14-8-12-21(16-10-6-5-7-11-16)13-9-15-23(19-3)20-4/h5-7,10-11H,8-9,12-15H2,1-4H3. The second kappa shape index (κ2) is 13.6. The Morgan fingerprint density at radius 1 is 0.652 bits per heavy atom. The minimum Gasteiger partial charge on any atom is -0.337 e. The van der Waals surface area contributed by atoms with Crippen LogP contribution in [0, 0.1) is 0 Å². The zero-order valence-electron chi connectivity index (χ0n) is 14.6. The highest BCUT2D eigenvalue weighted by molar-refractivity contribution is 7.65. The molecule has 0 aliphatic rings. The van der Waals surface area contributed by atoms with E-state index in [-0.39, 0.29) is 7.92 Å². The molecule has 0 unspecified atom stereocenters. The van der Waals surface area contributed by atoms with Crippen LogP contribution in [0.4, 0.5) is 0 Å². The van der Waals surface area contributed by atoms with E-state index in [1.165, 1.54) is 17.6 Å². The summed E-state index contributed by atoms with van der Waals surface area (Å²) in [6.07, 6.45) is 6.77. The van der Waals surface area contributed by atoms with Gasteiger partial charge in [-0.1, -0.05) is 38.3 Å². The molecule has 0 heterocycles. The lowest BCUT2D eigenvalue weighted by Gasteiger charge is -2.20. The van der Waals surface area contributed by atoms with E-state index in [4.69, 9.17) is 18.1 Å². The molecule has 0 amide bonds. The van der Waals surface area contributed by atoms with Gasteiger partial charge in [-0.3, -0.25) is 0 Å². The lowest BCUT2D eigenvalue weighted by molar-refractivity contribution is 0.340. The Balaban J connectivity index is 2.50. The van der Waals surface area contributed by atoms with Crippen LogP contribution in [0.3, 0.4) is 0 Å². The predicted octanol–water partition coefficient (Wildman–Crippen LogP) is 4.78. The zero-order valence-corrected chi connectivity index (χ0v) is 17.3. The Labute approximate surface area is 144 Å². The molecule has 4 nitrogen and oxygen atoms in total. The second-order valence-electron chi connectivity index (χ2n) is 4.87. The molecule has 0 atom stereocenters. The molecule has 0 aromatic heterocycles. The van der Waals surface area contributed by atoms with E-state index >= 15 is 0 Å². The van der Waals surface area contributed by atoms with Crippen molar-refractivity contribution in [3.63, 3.8) is 0 Å². The fourth-order valence-electron chi connectivity index (χ4n) is 2.30. The molecule has 0 bridgehead atoms. The van der Waals surface area contributed by atoms with Gasteiger partial charge in [-0.05, 0) is 30.5 Å². The summed E-state index contributed by atoms with van der Waals surface area (Å²) in [6, 6.07) is 10.9. The van der Waals surface area contributed by atoms with E-state index in [0.29, 0.717) is 0 Å². The van der Waals surface area contributed by atoms with Crippen molar-refractivity contribution in [2.24, 2.45) is 0 Å². The molecule has 0 saturated heterocycles. The Morgan fingerprint density at radius 3 is 1.48 bits per heavy atom. The highest BCUT2D eigenvalue weighted by Gasteiger charge is 2.14. The SMILES string of the molecule is COP(CCCP(CCCP(OC)OC)c1ccccc1)OC. The van der Waals surface area contributed by atoms with E-state index in [2.05, 4.69) is 30.3 Å². The Bertz CT molecular complexity index is 368. The summed E-state index contributed by atoms with van der Waals surface area (Å²) < 4.78 is 21.4. The largest absolute Gasteiger partial charge is 0.337 e. The molecule has 0 saturated carbocycles. The van der Waals surface area contributed by atoms with Crippen molar-refractivity contribution in [2.75, 3.05) is 53.1 Å². The number of hydrogen-bond donors (Lipinski definition) is 0. The summed E-state index contributed by atoms with van der Waals surface area (Å²) in [5.41, 5.74) is 0. The third-order valence-corrected chi connectivity index (χ3v) is 9.21. The molecule has 0 fully saturated rings. The van der Waals surface area contributed by atoms with Crippen LogP contribution in [0.2, 0.25) is 0 Å². The number of hydrogen-bond acceptors (Lipinski definition) is 4. The molecule has 1 aromatic carbocycles. The van der Waals surface area contributed by atoms with Crippen molar-refractivity contribution < 1.29 is 18.1 Å². The fraction of sp³-hybridized carbons (Fsp3) is 0.625. The van der Waals surface area contributed by atoms with E-state index in [9.17, 15) is 0 Å². The maximum atomic E-state index is 5.35. The molecule has 1 rings (SSSR count). The smallest absolute Gasteiger partial charge is 0.169 e. The van der Waals surface area contributed by atoms with Gasteiger partial charge in [-0.15, -0.1) is 0 Å². The van der Waals surface area contributed by atoms with Crippen LogP contribution < -0.4 is 5.30 Å². The number of benzene rings is 1. The molecule has 0 radical (unpaired) electrons. The van der Waals surface area contributed by atoms with Gasteiger partial charge in [0.25, 0.3) is 0 Å². The third-order valence-electron chi connectivity index (χ3n) is 3.47. The van der Waals surface area contributed by atoms with Crippen molar-refractivity contribution in [2.45, 2.75) is 12.8 Å². The second-order valence-corrected chi connectivity index (χ2v) is 11.0. The predicted molar refractivity (Wildman–Crippen MR) is 104 cm³/mol. The van der Waals surface area contributed by atoms with Crippen molar-refractivity contribution in [1.29, 1.82) is 0 Å². The van der Waals surface area contributed by atoms with Gasteiger partial charge in [0.05, 0.1) is 0 Å². The van der Waals surface area contributed by atoms with Gasteiger partial charge in [-0.2, -0.15) is 0 Å². The van der Waals surface area contributed by atoms with Crippen molar-refractivity contribution in [1.82, 2.24) is 0 Å². The van der Waals surface area contributed by atoms with Gasteiger partial charge >= 0.3 is 0 Å². The molecule has 0 aliphatic heterocycles. The average Bonchev–Trinajstić information content (AvgIpc) is 2.61. The molecule has 1 aromatic rings. The van der Waals surface area contributed by atoms with E-state index in [1.54, 1.807) is 28.4 Å². The van der Waals surface area contributed by atoms with Gasteiger partial charge in [-0.25, -0.2) is 0 Å². The Kier molecular flexibility index (Phi) is 12.7. The van der Waals surface area contributed by atoms with Crippen molar-refractivity contribution in [3.8, 4) is 0 Å². The van der Waals surface area contributed by atoms with E-state index in [1.807, 2.05) is 0 Å². The van der Waals surface area contributed by atoms with Crippen LogP contribution in [-0.2, 0) is 18.1 Å². The number of rotatable bonds is 13. The molecule has 7 heteroatoms. The molecular weight excluding hydrogens is 349 g/mol. The maximum absolute atomic E-state index is 5.35. The summed E-state index contributed by atoms with van der Waals surface area (Å²) in [5.74, 6) is 0. The highest BCUT2D eigenvalue weighted by atomic mass is 31.2. The lowest BCUT2D eigenvalue weighted by atomic mass is 10.4. The summed E-state index contributed by atoms with van der Waals surface area (Å²) >= 11 is 0. The van der Waals surface area contributed by atoms with Crippen LogP contribution in [-0.4, -0.2) is 53.1 Å². The maximum Gasteiger partial charge on any atom is 0.169 e. The monoisotopic (exact) mass is 378 g/mol. The van der Waals surface area contributed by atoms with Gasteiger partial charge < -0.3 is 18.1 Å². The first-order valence-corrected chi connectivity index (χ1v) is 12.2. The van der Waals surface area contributed by atoms with Crippen LogP contribution in [0.25, 0.3) is 0 Å². The van der Waals surface area contributed by atoms with Crippen LogP contribution >= 0.6 is 24.7 Å². The third kappa shape index (κ3) is 8.84. The first kappa shape index (κ1) is 21.4. The average molecular weight is 378 g/mol. The van der Waals surface area contributed by atoms with Crippen molar-refractivity contribution >= 4 is 30.0 Å². The fourth-order valence-corrected chi connectivity index (χ4v) is 7.08. The normalized spacial score (nSPS) is 11.8. The summed E-state index contributed by atoms with van der Waals surface area (Å²) in [6.45, 7) is 0. The Hall–Kier alpha value is 0.350. The van der Waals surface area contributed by atoms with Crippen LogP contribution in [0.1, 0.15) is 12.8 Å². The van der Waals surface area contributed by atoms with Crippen LogP contribution in [0.15, 0.2) is 30.3 Å². The molecule has 0 spiro atoms. The van der Waals surface area contributed by atoms with Gasteiger partial charge in [0.2, 0.25) is 0 Å². The van der Waals surface area contributed by atoms with Gasteiger partial charge in [0.15, 0.2) is 16.8 Å². The molecular formula is C16H29O4P3. The topological polar surface area (TPSA) is 36.9 Å². The quantitative estimate of drug-likeness (QED) is 0.463. The zero-order chi connectivity index (χ0) is 16.9. The van der Waals surface area contributed by atoms with E-state index < -0.39 is 16.8 Å². The Morgan fingerprint density at radius 2 is 1.09 bits per heavy atom. The minimum atomic E-state index is -0.711. The molecule has 0 N–H and O–H groups in total. The summed E-state index contributed by atoms with van der Waals surface area (Å²) in [5, 5.41) is 1.49. The van der Waals surface area contributed by atoms with Crippen molar-refractivity contribution in [3.05, 3.63) is 30.3 Å². The van der Waals surface area contributed by atoms with Crippen LogP contribution in [0.5, 0.6) is 0 Å². The summed E-state index contributed by atoms with van der Waals surface area (Å²) in [7, 11) is 5.36. The summed E-state index contributed by atoms with van der Waals surface area (Å²) in [4.78, 5) is 0. The van der Waals surface area contributed by atoms with Gasteiger partial charge in [0.1, 0.15) is 0 Å². The highest BCUT2D eigenvalue weighted by Crippen LogP contribution is 2.43. The molecule has 0 aliphatic carbocycles. The van der Waals surface area contributed by atoms with E-state index in [0.717, 1.165) is 25.2 Å². The first-order chi connectivity index (χ1) is 11.2. The lowest BCUT2D eigenvalue weighted by Crippen LogP contribution is -2.08.